The van der Waals surface area contributed by atoms with E-state index >= 15 is 0 Å². The summed E-state index contributed by atoms with van der Waals surface area (Å²) in [6.45, 7) is 2.58. The number of methoxy groups -OCH3 is 1. The van der Waals surface area contributed by atoms with E-state index < -0.39 is 18.7 Å². The van der Waals surface area contributed by atoms with Crippen molar-refractivity contribution in [1.29, 1.82) is 0 Å². The van der Waals surface area contributed by atoms with Gasteiger partial charge in [-0.15, -0.1) is 0 Å². The number of amides is 1. The van der Waals surface area contributed by atoms with Crippen molar-refractivity contribution in [1.82, 2.24) is 0 Å². The van der Waals surface area contributed by atoms with Gasteiger partial charge in [-0.05, 0) is 43.2 Å². The van der Waals surface area contributed by atoms with Gasteiger partial charge in [0.2, 0.25) is 0 Å². The molecule has 158 valence electrons. The van der Waals surface area contributed by atoms with E-state index in [1.54, 1.807) is 13.0 Å². The van der Waals surface area contributed by atoms with E-state index in [1.807, 2.05) is 6.92 Å². The molecular weight excluding hydrogens is 411 g/mol. The molecule has 0 aliphatic heterocycles. The Hall–Kier alpha value is -2.61. The number of hydrogen-bond donors (Lipinski definition) is 1. The smallest absolute Gasteiger partial charge is 0.422 e. The number of carbonyl (C=O) groups excluding carboxylic acids is 1. The van der Waals surface area contributed by atoms with Gasteiger partial charge in [-0.25, -0.2) is 0 Å². The molecule has 9 heteroatoms. The Morgan fingerprint density at radius 3 is 2.48 bits per heavy atom. The number of benzene rings is 2. The van der Waals surface area contributed by atoms with Gasteiger partial charge in [0.25, 0.3) is 5.91 Å². The quantitative estimate of drug-likeness (QED) is 0.587. The van der Waals surface area contributed by atoms with Crippen LogP contribution in [0.5, 0.6) is 17.2 Å². The highest BCUT2D eigenvalue weighted by molar-refractivity contribution is 6.32. The molecule has 5 nitrogen and oxygen atoms in total. The third-order valence-corrected chi connectivity index (χ3v) is 4.00. The summed E-state index contributed by atoms with van der Waals surface area (Å²) in [4.78, 5) is 12.7. The highest BCUT2D eigenvalue weighted by Crippen LogP contribution is 2.37. The van der Waals surface area contributed by atoms with E-state index in [1.165, 1.54) is 31.4 Å². The SMILES string of the molecule is CCCOc1c(Cl)cc(C(=O)Nc2ccc(C)cc2OCC(F)(F)F)cc1OC. The number of alkyl halides is 3. The van der Waals surface area contributed by atoms with Crippen LogP contribution in [0.15, 0.2) is 30.3 Å². The fraction of sp³-hybridized carbons (Fsp3) is 0.350. The Balaban J connectivity index is 2.27. The summed E-state index contributed by atoms with van der Waals surface area (Å²) in [5.41, 5.74) is 0.937. The van der Waals surface area contributed by atoms with E-state index in [9.17, 15) is 18.0 Å². The molecule has 0 unspecified atom stereocenters. The minimum absolute atomic E-state index is 0.0864. The average Bonchev–Trinajstić information content (AvgIpc) is 2.65. The fourth-order valence-electron chi connectivity index (χ4n) is 2.40. The van der Waals surface area contributed by atoms with Gasteiger partial charge < -0.3 is 19.5 Å². The molecule has 1 N–H and O–H groups in total. The van der Waals surface area contributed by atoms with Gasteiger partial charge in [-0.3, -0.25) is 4.79 Å². The van der Waals surface area contributed by atoms with Crippen LogP contribution < -0.4 is 19.5 Å². The normalized spacial score (nSPS) is 11.1. The highest BCUT2D eigenvalue weighted by Gasteiger charge is 2.29. The van der Waals surface area contributed by atoms with Gasteiger partial charge >= 0.3 is 6.18 Å². The van der Waals surface area contributed by atoms with Crippen molar-refractivity contribution < 1.29 is 32.2 Å². The second-order valence-corrected chi connectivity index (χ2v) is 6.60. The molecule has 0 aromatic heterocycles. The molecule has 0 heterocycles. The summed E-state index contributed by atoms with van der Waals surface area (Å²) in [5.74, 6) is -0.0877. The second kappa shape index (κ2) is 9.73. The summed E-state index contributed by atoms with van der Waals surface area (Å²) >= 11 is 6.21. The van der Waals surface area contributed by atoms with Crippen LogP contribution in [0.4, 0.5) is 18.9 Å². The van der Waals surface area contributed by atoms with Gasteiger partial charge in [-0.2, -0.15) is 13.2 Å². The first-order valence-electron chi connectivity index (χ1n) is 8.76. The van der Waals surface area contributed by atoms with E-state index in [0.29, 0.717) is 17.9 Å². The van der Waals surface area contributed by atoms with Crippen molar-refractivity contribution in [3.63, 3.8) is 0 Å². The van der Waals surface area contributed by atoms with Crippen LogP contribution in [0.3, 0.4) is 0 Å². The highest BCUT2D eigenvalue weighted by atomic mass is 35.5. The maximum Gasteiger partial charge on any atom is 0.422 e. The Morgan fingerprint density at radius 1 is 1.14 bits per heavy atom. The van der Waals surface area contributed by atoms with Crippen molar-refractivity contribution >= 4 is 23.2 Å². The Labute approximate surface area is 171 Å². The molecule has 0 spiro atoms. The lowest BCUT2D eigenvalue weighted by atomic mass is 10.1. The van der Waals surface area contributed by atoms with Crippen LogP contribution in [0, 0.1) is 6.92 Å². The first-order valence-corrected chi connectivity index (χ1v) is 9.14. The standard InChI is InChI=1S/C20H21ClF3NO4/c1-4-7-28-18-14(21)9-13(10-17(18)27-3)19(26)25-15-6-5-12(2)8-16(15)29-11-20(22,23)24/h5-6,8-10H,4,7,11H2,1-3H3,(H,25,26). The number of carbonyl (C=O) groups is 1. The predicted octanol–water partition coefficient (Wildman–Crippen LogP) is 5.64. The van der Waals surface area contributed by atoms with Crippen LogP contribution in [-0.4, -0.2) is 32.4 Å². The summed E-state index contributed by atoms with van der Waals surface area (Å²) in [6.07, 6.45) is -3.74. The van der Waals surface area contributed by atoms with Gasteiger partial charge in [0.15, 0.2) is 18.1 Å². The van der Waals surface area contributed by atoms with Crippen LogP contribution in [0.25, 0.3) is 0 Å². The number of ether oxygens (including phenoxy) is 3. The second-order valence-electron chi connectivity index (χ2n) is 6.20. The zero-order chi connectivity index (χ0) is 21.6. The molecule has 2 aromatic rings. The zero-order valence-corrected chi connectivity index (χ0v) is 16.9. The lowest BCUT2D eigenvalue weighted by molar-refractivity contribution is -0.153. The van der Waals surface area contributed by atoms with Gasteiger partial charge in [-0.1, -0.05) is 24.6 Å². The van der Waals surface area contributed by atoms with E-state index in [0.717, 1.165) is 6.42 Å². The van der Waals surface area contributed by atoms with Crippen molar-refractivity contribution in [2.75, 3.05) is 25.6 Å². The molecule has 0 saturated carbocycles. The Morgan fingerprint density at radius 2 is 1.86 bits per heavy atom. The molecule has 0 atom stereocenters. The zero-order valence-electron chi connectivity index (χ0n) is 16.2. The summed E-state index contributed by atoms with van der Waals surface area (Å²) in [6, 6.07) is 7.36. The fourth-order valence-corrected chi connectivity index (χ4v) is 2.67. The predicted molar refractivity (Wildman–Crippen MR) is 104 cm³/mol. The molecule has 2 rings (SSSR count). The molecule has 29 heavy (non-hydrogen) atoms. The summed E-state index contributed by atoms with van der Waals surface area (Å²) in [7, 11) is 1.41. The van der Waals surface area contributed by atoms with Gasteiger partial charge in [0.05, 0.1) is 24.4 Å². The largest absolute Gasteiger partial charge is 0.493 e. The van der Waals surface area contributed by atoms with Gasteiger partial charge in [0, 0.05) is 5.56 Å². The Bertz CT molecular complexity index is 872. The number of rotatable bonds is 8. The maximum absolute atomic E-state index is 12.7. The number of anilines is 1. The third-order valence-electron chi connectivity index (χ3n) is 3.72. The first kappa shape index (κ1) is 22.7. The number of halogens is 4. The van der Waals surface area contributed by atoms with Crippen LogP contribution in [-0.2, 0) is 0 Å². The van der Waals surface area contributed by atoms with Crippen molar-refractivity contribution in [3.8, 4) is 17.2 Å². The lowest BCUT2D eigenvalue weighted by Gasteiger charge is -2.16. The van der Waals surface area contributed by atoms with E-state index in [4.69, 9.17) is 25.8 Å². The summed E-state index contributed by atoms with van der Waals surface area (Å²) in [5, 5.41) is 2.73. The molecule has 2 aromatic carbocycles. The first-order chi connectivity index (χ1) is 13.6. The minimum atomic E-state index is -4.50. The lowest BCUT2D eigenvalue weighted by Crippen LogP contribution is -2.20. The monoisotopic (exact) mass is 431 g/mol. The van der Waals surface area contributed by atoms with Crippen molar-refractivity contribution in [2.45, 2.75) is 26.4 Å². The minimum Gasteiger partial charge on any atom is -0.493 e. The van der Waals surface area contributed by atoms with Crippen LogP contribution >= 0.6 is 11.6 Å². The van der Waals surface area contributed by atoms with Gasteiger partial charge in [0.1, 0.15) is 5.75 Å². The molecule has 0 aliphatic carbocycles. The number of nitrogens with one attached hydrogen (secondary N) is 1. The number of aryl methyl sites for hydroxylation is 1. The van der Waals surface area contributed by atoms with E-state index in [2.05, 4.69) is 5.32 Å². The van der Waals surface area contributed by atoms with Crippen molar-refractivity contribution in [2.24, 2.45) is 0 Å². The molecule has 1 amide bonds. The maximum atomic E-state index is 12.7. The molecule has 0 fully saturated rings. The van der Waals surface area contributed by atoms with E-state index in [-0.39, 0.29) is 27.8 Å². The molecule has 0 saturated heterocycles. The molecule has 0 aliphatic rings. The third kappa shape index (κ3) is 6.45. The topological polar surface area (TPSA) is 56.8 Å². The Kier molecular flexibility index (Phi) is 7.61. The molecular formula is C20H21ClF3NO4. The molecule has 0 radical (unpaired) electrons. The van der Waals surface area contributed by atoms with Crippen LogP contribution in [0.1, 0.15) is 29.3 Å². The van der Waals surface area contributed by atoms with Crippen molar-refractivity contribution in [3.05, 3.63) is 46.5 Å². The summed E-state index contributed by atoms with van der Waals surface area (Å²) < 4.78 is 53.1. The average molecular weight is 432 g/mol. The molecule has 0 bridgehead atoms. The number of hydrogen-bond acceptors (Lipinski definition) is 4. The van der Waals surface area contributed by atoms with Crippen LogP contribution in [0.2, 0.25) is 5.02 Å².